The van der Waals surface area contributed by atoms with Crippen molar-refractivity contribution in [1.82, 2.24) is 15.1 Å². The third kappa shape index (κ3) is 6.82. The number of rotatable bonds is 10. The first-order valence-corrected chi connectivity index (χ1v) is 11.4. The molecule has 0 bridgehead atoms. The van der Waals surface area contributed by atoms with E-state index in [1.165, 1.54) is 19.2 Å². The van der Waals surface area contributed by atoms with Gasteiger partial charge in [0.2, 0.25) is 15.9 Å². The third-order valence-corrected chi connectivity index (χ3v) is 6.03. The molecule has 1 N–H and O–H groups in total. The Morgan fingerprint density at radius 3 is 2.53 bits per heavy atom. The number of piperazine rings is 1. The highest BCUT2D eigenvalue weighted by molar-refractivity contribution is 7.92. The fourth-order valence-corrected chi connectivity index (χ4v) is 4.01. The molecular weight excluding hydrogens is 414 g/mol. The Bertz CT molecular complexity index is 855. The van der Waals surface area contributed by atoms with Crippen LogP contribution in [0.25, 0.3) is 0 Å². The molecule has 1 aromatic carbocycles. The second-order valence-electron chi connectivity index (χ2n) is 7.23. The Labute approximate surface area is 176 Å². The maximum Gasteiger partial charge on any atom is 0.271 e. The molecule has 1 aromatic rings. The number of anilines is 1. The smallest absolute Gasteiger partial charge is 0.271 e. The van der Waals surface area contributed by atoms with Gasteiger partial charge in [-0.05, 0) is 26.1 Å². The van der Waals surface area contributed by atoms with Crippen LogP contribution >= 0.6 is 0 Å². The third-order valence-electron chi connectivity index (χ3n) is 4.90. The summed E-state index contributed by atoms with van der Waals surface area (Å²) in [6.07, 6.45) is 1.68. The predicted octanol–water partition coefficient (Wildman–Crippen LogP) is 0.123. The van der Waals surface area contributed by atoms with E-state index in [9.17, 15) is 23.3 Å². The molecule has 12 heteroatoms. The van der Waals surface area contributed by atoms with Gasteiger partial charge in [0.05, 0.1) is 18.3 Å². The van der Waals surface area contributed by atoms with Gasteiger partial charge < -0.3 is 19.9 Å². The lowest BCUT2D eigenvalue weighted by Crippen LogP contribution is -2.45. The standard InChI is InChI=1S/C18H29N5O6S/c1-20-9-11-21(12-10-20)8-4-7-19-18(24)14-22(30(3,27)28)16-13-15(23(25)26)5-6-17(16)29-2/h5-6,13H,4,7-12,14H2,1-3H3,(H,19,24). The number of carbonyl (C=O) groups is 1. The van der Waals surface area contributed by atoms with Gasteiger partial charge in [0, 0.05) is 44.9 Å². The Morgan fingerprint density at radius 1 is 1.30 bits per heavy atom. The van der Waals surface area contributed by atoms with Crippen LogP contribution in [0, 0.1) is 10.1 Å². The number of amides is 1. The average Bonchev–Trinajstić information content (AvgIpc) is 2.69. The van der Waals surface area contributed by atoms with Crippen molar-refractivity contribution in [1.29, 1.82) is 0 Å². The summed E-state index contributed by atoms with van der Waals surface area (Å²) in [6, 6.07) is 3.60. The van der Waals surface area contributed by atoms with Crippen LogP contribution in [0.3, 0.4) is 0 Å². The molecule has 0 spiro atoms. The van der Waals surface area contributed by atoms with Crippen LogP contribution < -0.4 is 14.4 Å². The lowest BCUT2D eigenvalue weighted by Gasteiger charge is -2.32. The van der Waals surface area contributed by atoms with E-state index in [0.717, 1.165) is 55.8 Å². The van der Waals surface area contributed by atoms with Gasteiger partial charge in [0.1, 0.15) is 18.0 Å². The van der Waals surface area contributed by atoms with Crippen molar-refractivity contribution in [3.05, 3.63) is 28.3 Å². The topological polar surface area (TPSA) is 125 Å². The number of nitro groups is 1. The molecule has 2 rings (SSSR count). The van der Waals surface area contributed by atoms with Crippen LogP contribution in [-0.4, -0.2) is 95.3 Å². The molecule has 11 nitrogen and oxygen atoms in total. The quantitative estimate of drug-likeness (QED) is 0.307. The van der Waals surface area contributed by atoms with Gasteiger partial charge in [0.25, 0.3) is 5.69 Å². The normalized spacial score (nSPS) is 15.6. The maximum absolute atomic E-state index is 12.4. The largest absolute Gasteiger partial charge is 0.495 e. The maximum atomic E-state index is 12.4. The number of hydrogen-bond acceptors (Lipinski definition) is 8. The van der Waals surface area contributed by atoms with Crippen molar-refractivity contribution in [2.45, 2.75) is 6.42 Å². The number of carbonyl (C=O) groups excluding carboxylic acids is 1. The Hall–Kier alpha value is -2.44. The molecule has 0 radical (unpaired) electrons. The van der Waals surface area contributed by atoms with E-state index in [0.29, 0.717) is 6.54 Å². The highest BCUT2D eigenvalue weighted by Crippen LogP contribution is 2.33. The number of sulfonamides is 1. The van der Waals surface area contributed by atoms with Crippen molar-refractivity contribution < 1.29 is 22.9 Å². The number of hydrogen-bond donors (Lipinski definition) is 1. The van der Waals surface area contributed by atoms with Gasteiger partial charge >= 0.3 is 0 Å². The first-order chi connectivity index (χ1) is 14.1. The molecule has 0 aliphatic carbocycles. The van der Waals surface area contributed by atoms with Gasteiger partial charge in [-0.15, -0.1) is 0 Å². The highest BCUT2D eigenvalue weighted by Gasteiger charge is 2.26. The van der Waals surface area contributed by atoms with Crippen LogP contribution in [0.5, 0.6) is 5.75 Å². The summed E-state index contributed by atoms with van der Waals surface area (Å²) in [7, 11) is -0.476. The minimum Gasteiger partial charge on any atom is -0.495 e. The molecule has 1 heterocycles. The summed E-state index contributed by atoms with van der Waals surface area (Å²) < 4.78 is 30.5. The molecule has 1 amide bonds. The first-order valence-electron chi connectivity index (χ1n) is 9.59. The summed E-state index contributed by atoms with van der Waals surface area (Å²) in [4.78, 5) is 27.4. The average molecular weight is 444 g/mol. The molecule has 0 aromatic heterocycles. The lowest BCUT2D eigenvalue weighted by molar-refractivity contribution is -0.384. The predicted molar refractivity (Wildman–Crippen MR) is 113 cm³/mol. The van der Waals surface area contributed by atoms with E-state index in [2.05, 4.69) is 22.2 Å². The summed E-state index contributed by atoms with van der Waals surface area (Å²) in [5.74, 6) is -0.374. The van der Waals surface area contributed by atoms with E-state index >= 15 is 0 Å². The molecule has 0 atom stereocenters. The van der Waals surface area contributed by atoms with Crippen molar-refractivity contribution in [3.63, 3.8) is 0 Å². The van der Waals surface area contributed by atoms with E-state index in [1.54, 1.807) is 0 Å². The fraction of sp³-hybridized carbons (Fsp3) is 0.611. The number of non-ortho nitro benzene ring substituents is 1. The Kier molecular flexibility index (Phi) is 8.38. The monoisotopic (exact) mass is 443 g/mol. The summed E-state index contributed by atoms with van der Waals surface area (Å²) >= 11 is 0. The first kappa shape index (κ1) is 23.8. The van der Waals surface area contributed by atoms with Crippen LogP contribution in [0.4, 0.5) is 11.4 Å². The minimum absolute atomic E-state index is 0.0539. The van der Waals surface area contributed by atoms with Crippen LogP contribution in [-0.2, 0) is 14.8 Å². The summed E-state index contributed by atoms with van der Waals surface area (Å²) in [6.45, 7) is 4.77. The summed E-state index contributed by atoms with van der Waals surface area (Å²) in [5.41, 5.74) is -0.353. The molecule has 1 aliphatic rings. The van der Waals surface area contributed by atoms with Gasteiger partial charge in [-0.3, -0.25) is 19.2 Å². The SMILES string of the molecule is COc1ccc([N+](=O)[O-])cc1N(CC(=O)NCCCN1CCN(C)CC1)S(C)(=O)=O. The number of methoxy groups -OCH3 is 1. The van der Waals surface area contributed by atoms with Crippen molar-refractivity contribution in [3.8, 4) is 5.75 Å². The van der Waals surface area contributed by atoms with Gasteiger partial charge in [0.15, 0.2) is 0 Å². The van der Waals surface area contributed by atoms with Crippen molar-refractivity contribution in [2.75, 3.05) is 70.5 Å². The van der Waals surface area contributed by atoms with Crippen LogP contribution in [0.15, 0.2) is 18.2 Å². The van der Waals surface area contributed by atoms with Crippen molar-refractivity contribution in [2.24, 2.45) is 0 Å². The number of nitro benzene ring substituents is 1. The molecule has 0 saturated carbocycles. The Balaban J connectivity index is 1.99. The zero-order chi connectivity index (χ0) is 22.3. The molecule has 1 aliphatic heterocycles. The van der Waals surface area contributed by atoms with Crippen LogP contribution in [0.1, 0.15) is 6.42 Å². The lowest BCUT2D eigenvalue weighted by atomic mass is 10.2. The van der Waals surface area contributed by atoms with E-state index in [1.807, 2.05) is 0 Å². The van der Waals surface area contributed by atoms with Gasteiger partial charge in [-0.25, -0.2) is 8.42 Å². The number of ether oxygens (including phenoxy) is 1. The van der Waals surface area contributed by atoms with Crippen molar-refractivity contribution >= 4 is 27.3 Å². The van der Waals surface area contributed by atoms with Gasteiger partial charge in [-0.2, -0.15) is 0 Å². The number of nitrogens with one attached hydrogen (secondary N) is 1. The van der Waals surface area contributed by atoms with E-state index in [-0.39, 0.29) is 17.1 Å². The number of nitrogens with zero attached hydrogens (tertiary/aromatic N) is 4. The van der Waals surface area contributed by atoms with Gasteiger partial charge in [-0.1, -0.05) is 0 Å². The molecule has 30 heavy (non-hydrogen) atoms. The summed E-state index contributed by atoms with van der Waals surface area (Å²) in [5, 5.41) is 13.8. The fourth-order valence-electron chi connectivity index (χ4n) is 3.16. The van der Waals surface area contributed by atoms with E-state index in [4.69, 9.17) is 4.74 Å². The Morgan fingerprint density at radius 2 is 1.97 bits per heavy atom. The zero-order valence-electron chi connectivity index (χ0n) is 17.5. The molecule has 0 unspecified atom stereocenters. The second-order valence-corrected chi connectivity index (χ2v) is 9.14. The second kappa shape index (κ2) is 10.5. The van der Waals surface area contributed by atoms with Crippen LogP contribution in [0.2, 0.25) is 0 Å². The molecule has 1 fully saturated rings. The molecule has 168 valence electrons. The number of likely N-dealkylation sites (N-methyl/N-ethyl adjacent to an activating group) is 1. The molecule has 1 saturated heterocycles. The highest BCUT2D eigenvalue weighted by atomic mass is 32.2. The molecular formula is C18H29N5O6S. The van der Waals surface area contributed by atoms with E-state index < -0.39 is 27.4 Å². The zero-order valence-corrected chi connectivity index (χ0v) is 18.4. The minimum atomic E-state index is -3.88. The number of benzene rings is 1.